The quantitative estimate of drug-likeness (QED) is 0.492. The van der Waals surface area contributed by atoms with E-state index in [9.17, 15) is 14.4 Å². The highest BCUT2D eigenvalue weighted by Gasteiger charge is 2.25. The molecule has 0 unspecified atom stereocenters. The predicted octanol–water partition coefficient (Wildman–Crippen LogP) is 4.65. The first-order valence-corrected chi connectivity index (χ1v) is 12.4. The zero-order valence-corrected chi connectivity index (χ0v) is 20.0. The van der Waals surface area contributed by atoms with E-state index in [0.717, 1.165) is 12.8 Å². The molecule has 3 aromatic rings. The highest BCUT2D eigenvalue weighted by molar-refractivity contribution is 7.09. The van der Waals surface area contributed by atoms with Gasteiger partial charge in [-0.15, -0.1) is 11.3 Å². The number of piperidine rings is 1. The highest BCUT2D eigenvalue weighted by atomic mass is 32.1. The minimum Gasteiger partial charge on any atom is -0.456 e. The Labute approximate surface area is 203 Å². The van der Waals surface area contributed by atoms with Crippen LogP contribution in [0.5, 0.6) is 0 Å². The van der Waals surface area contributed by atoms with Gasteiger partial charge in [0.2, 0.25) is 5.91 Å². The molecule has 3 heterocycles. The number of benzene rings is 1. The maximum absolute atomic E-state index is 13.0. The number of thiophene rings is 1. The van der Waals surface area contributed by atoms with E-state index in [2.05, 4.69) is 16.7 Å². The lowest BCUT2D eigenvalue weighted by Gasteiger charge is -2.32. The van der Waals surface area contributed by atoms with Crippen LogP contribution in [0.2, 0.25) is 0 Å². The summed E-state index contributed by atoms with van der Waals surface area (Å²) in [6.45, 7) is 2.91. The molecule has 0 bridgehead atoms. The van der Waals surface area contributed by atoms with Gasteiger partial charge in [0.15, 0.2) is 5.76 Å². The summed E-state index contributed by atoms with van der Waals surface area (Å²) in [5.41, 5.74) is 1.17. The number of nitrogens with one attached hydrogen (secondary N) is 2. The molecule has 0 spiro atoms. The summed E-state index contributed by atoms with van der Waals surface area (Å²) >= 11 is 1.70. The standard InChI is InChI=1S/C26H29N3O4S/c1-18-10-11-23(33-18)25(31)28-20-12-14-29(15-13-20)26(32)19-5-2-6-21(17-19)27-24(30)9-3-7-22-8-4-16-34-22/h2,4-6,8,10-11,16-17,20H,3,7,9,12-15H2,1H3,(H,27,30)(H,28,31). The number of likely N-dealkylation sites (tertiary alicyclic amines) is 1. The van der Waals surface area contributed by atoms with Crippen molar-refractivity contribution >= 4 is 34.7 Å². The number of carbonyl (C=O) groups is 3. The molecule has 0 atom stereocenters. The first-order valence-electron chi connectivity index (χ1n) is 11.6. The number of rotatable bonds is 8. The molecule has 1 aliphatic rings. The Kier molecular flexibility index (Phi) is 7.80. The van der Waals surface area contributed by atoms with Gasteiger partial charge in [-0.3, -0.25) is 14.4 Å². The molecule has 3 amide bonds. The molecule has 7 nitrogen and oxygen atoms in total. The van der Waals surface area contributed by atoms with Crippen molar-refractivity contribution in [1.82, 2.24) is 10.2 Å². The number of hydrogen-bond donors (Lipinski definition) is 2. The largest absolute Gasteiger partial charge is 0.456 e. The SMILES string of the molecule is Cc1ccc(C(=O)NC2CCN(C(=O)c3cccc(NC(=O)CCCc4cccs4)c3)CC2)o1. The highest BCUT2D eigenvalue weighted by Crippen LogP contribution is 2.18. The normalized spacial score (nSPS) is 14.1. The maximum Gasteiger partial charge on any atom is 0.287 e. The number of amides is 3. The summed E-state index contributed by atoms with van der Waals surface area (Å²) in [4.78, 5) is 40.7. The summed E-state index contributed by atoms with van der Waals surface area (Å²) < 4.78 is 5.38. The molecule has 0 aliphatic carbocycles. The van der Waals surface area contributed by atoms with Gasteiger partial charge in [0.1, 0.15) is 5.76 Å². The van der Waals surface area contributed by atoms with Crippen molar-refractivity contribution in [3.05, 3.63) is 75.9 Å². The van der Waals surface area contributed by atoms with Crippen LogP contribution in [0.4, 0.5) is 5.69 Å². The van der Waals surface area contributed by atoms with E-state index in [1.165, 1.54) is 4.88 Å². The van der Waals surface area contributed by atoms with Gasteiger partial charge in [-0.1, -0.05) is 12.1 Å². The zero-order chi connectivity index (χ0) is 23.9. The van der Waals surface area contributed by atoms with Gasteiger partial charge in [-0.2, -0.15) is 0 Å². The minimum absolute atomic E-state index is 0.00163. The molecule has 178 valence electrons. The lowest BCUT2D eigenvalue weighted by Crippen LogP contribution is -2.46. The van der Waals surface area contributed by atoms with Gasteiger partial charge in [-0.05, 0) is 74.4 Å². The Morgan fingerprint density at radius 1 is 1.09 bits per heavy atom. The molecule has 0 saturated carbocycles. The Balaban J connectivity index is 1.24. The third-order valence-corrected chi connectivity index (χ3v) is 6.82. The van der Waals surface area contributed by atoms with Gasteiger partial charge in [0.25, 0.3) is 11.8 Å². The third kappa shape index (κ3) is 6.35. The summed E-state index contributed by atoms with van der Waals surface area (Å²) in [7, 11) is 0. The molecule has 34 heavy (non-hydrogen) atoms. The maximum atomic E-state index is 13.0. The fourth-order valence-corrected chi connectivity index (χ4v) is 4.81. The van der Waals surface area contributed by atoms with Crippen molar-refractivity contribution in [2.75, 3.05) is 18.4 Å². The van der Waals surface area contributed by atoms with Crippen LogP contribution >= 0.6 is 11.3 Å². The van der Waals surface area contributed by atoms with Gasteiger partial charge >= 0.3 is 0 Å². The van der Waals surface area contributed by atoms with Crippen LogP contribution in [0.15, 0.2) is 58.3 Å². The Bertz CT molecular complexity index is 1130. The van der Waals surface area contributed by atoms with E-state index >= 15 is 0 Å². The molecule has 2 N–H and O–H groups in total. The van der Waals surface area contributed by atoms with Crippen LogP contribution in [-0.2, 0) is 11.2 Å². The number of anilines is 1. The first kappa shape index (κ1) is 23.8. The van der Waals surface area contributed by atoms with Crippen LogP contribution in [0.25, 0.3) is 0 Å². The van der Waals surface area contributed by atoms with Gasteiger partial charge < -0.3 is 20.0 Å². The van der Waals surface area contributed by atoms with Gasteiger partial charge in [0.05, 0.1) is 0 Å². The van der Waals surface area contributed by atoms with Gasteiger partial charge in [0, 0.05) is 41.7 Å². The van der Waals surface area contributed by atoms with E-state index in [4.69, 9.17) is 4.42 Å². The van der Waals surface area contributed by atoms with Crippen molar-refractivity contribution in [2.24, 2.45) is 0 Å². The van der Waals surface area contributed by atoms with Crippen LogP contribution in [0.3, 0.4) is 0 Å². The van der Waals surface area contributed by atoms with Crippen molar-refractivity contribution in [3.8, 4) is 0 Å². The average molecular weight is 480 g/mol. The number of hydrogen-bond acceptors (Lipinski definition) is 5. The smallest absolute Gasteiger partial charge is 0.287 e. The second-order valence-corrected chi connectivity index (χ2v) is 9.54. The number of nitrogens with zero attached hydrogens (tertiary/aromatic N) is 1. The molecule has 1 saturated heterocycles. The summed E-state index contributed by atoms with van der Waals surface area (Å²) in [5.74, 6) is 0.658. The van der Waals surface area contributed by atoms with Crippen molar-refractivity contribution in [1.29, 1.82) is 0 Å². The number of furan rings is 1. The van der Waals surface area contributed by atoms with Gasteiger partial charge in [-0.25, -0.2) is 0 Å². The van der Waals surface area contributed by atoms with Crippen molar-refractivity contribution in [3.63, 3.8) is 0 Å². The molecule has 4 rings (SSSR count). The fourth-order valence-electron chi connectivity index (χ4n) is 4.05. The van der Waals surface area contributed by atoms with E-state index < -0.39 is 0 Å². The lowest BCUT2D eigenvalue weighted by atomic mass is 10.0. The average Bonchev–Trinajstić information content (AvgIpc) is 3.51. The monoisotopic (exact) mass is 479 g/mol. The zero-order valence-electron chi connectivity index (χ0n) is 19.2. The summed E-state index contributed by atoms with van der Waals surface area (Å²) in [6.07, 6.45) is 3.47. The summed E-state index contributed by atoms with van der Waals surface area (Å²) in [5, 5.41) is 7.93. The van der Waals surface area contributed by atoms with E-state index in [1.807, 2.05) is 11.4 Å². The Morgan fingerprint density at radius 2 is 1.91 bits per heavy atom. The van der Waals surface area contributed by atoms with E-state index in [0.29, 0.717) is 55.1 Å². The Morgan fingerprint density at radius 3 is 2.62 bits per heavy atom. The number of aryl methyl sites for hydroxylation is 2. The van der Waals surface area contributed by atoms with Crippen molar-refractivity contribution in [2.45, 2.75) is 45.1 Å². The van der Waals surface area contributed by atoms with Crippen LogP contribution in [-0.4, -0.2) is 41.8 Å². The Hall–Kier alpha value is -3.39. The lowest BCUT2D eigenvalue weighted by molar-refractivity contribution is -0.116. The number of carbonyl (C=O) groups excluding carboxylic acids is 3. The molecular weight excluding hydrogens is 450 g/mol. The second-order valence-electron chi connectivity index (χ2n) is 8.51. The molecule has 0 radical (unpaired) electrons. The second kappa shape index (κ2) is 11.2. The predicted molar refractivity (Wildman–Crippen MR) is 132 cm³/mol. The minimum atomic E-state index is -0.225. The van der Waals surface area contributed by atoms with Crippen LogP contribution in [0, 0.1) is 6.92 Å². The molecular formula is C26H29N3O4S. The third-order valence-electron chi connectivity index (χ3n) is 5.88. The van der Waals surface area contributed by atoms with Crippen LogP contribution < -0.4 is 10.6 Å². The van der Waals surface area contributed by atoms with Crippen LogP contribution in [0.1, 0.15) is 57.2 Å². The van der Waals surface area contributed by atoms with Crippen molar-refractivity contribution < 1.29 is 18.8 Å². The fraction of sp³-hybridized carbons (Fsp3) is 0.346. The molecule has 1 aliphatic heterocycles. The molecule has 1 fully saturated rings. The molecule has 8 heteroatoms. The van der Waals surface area contributed by atoms with E-state index in [1.54, 1.807) is 59.6 Å². The molecule has 1 aromatic carbocycles. The van der Waals surface area contributed by atoms with E-state index in [-0.39, 0.29) is 23.8 Å². The topological polar surface area (TPSA) is 91.7 Å². The summed E-state index contributed by atoms with van der Waals surface area (Å²) in [6, 6.07) is 14.6. The first-order chi connectivity index (χ1) is 16.5. The molecule has 2 aromatic heterocycles.